The van der Waals surface area contributed by atoms with Gasteiger partial charge in [0.05, 0.1) is 0 Å². The zero-order valence-electron chi connectivity index (χ0n) is 18.1. The summed E-state index contributed by atoms with van der Waals surface area (Å²) in [6, 6.07) is 16.8. The Morgan fingerprint density at radius 3 is 2.40 bits per heavy atom. The van der Waals surface area contributed by atoms with Gasteiger partial charge in [-0.15, -0.1) is 0 Å². The smallest absolute Gasteiger partial charge is 0.258 e. The molecule has 1 amide bonds. The lowest BCUT2D eigenvalue weighted by Crippen LogP contribution is -2.39. The van der Waals surface area contributed by atoms with Crippen LogP contribution in [0.4, 0.5) is 0 Å². The van der Waals surface area contributed by atoms with Gasteiger partial charge in [0, 0.05) is 33.2 Å². The number of amides is 1. The molecule has 160 valence electrons. The van der Waals surface area contributed by atoms with E-state index in [0.29, 0.717) is 11.8 Å². The molecular weight excluding hydrogens is 376 g/mol. The van der Waals surface area contributed by atoms with Crippen molar-refractivity contribution in [2.45, 2.75) is 38.8 Å². The number of nitrogens with one attached hydrogen (secondary N) is 2. The van der Waals surface area contributed by atoms with Crippen LogP contribution in [0, 0.1) is 6.92 Å². The molecule has 2 aromatic rings. The number of benzene rings is 2. The van der Waals surface area contributed by atoms with Crippen LogP contribution >= 0.6 is 0 Å². The van der Waals surface area contributed by atoms with Crippen molar-refractivity contribution in [1.82, 2.24) is 15.5 Å². The van der Waals surface area contributed by atoms with E-state index in [1.54, 1.807) is 7.05 Å². The number of carbonyl (C=O) groups is 1. The van der Waals surface area contributed by atoms with Gasteiger partial charge in [0.15, 0.2) is 12.6 Å². The average Bonchev–Trinajstić information content (AvgIpc) is 3.56. The Hall–Kier alpha value is -3.02. The maximum absolute atomic E-state index is 11.7. The Bertz CT molecular complexity index is 843. The van der Waals surface area contributed by atoms with Gasteiger partial charge in [-0.2, -0.15) is 0 Å². The van der Waals surface area contributed by atoms with E-state index in [9.17, 15) is 4.79 Å². The third-order valence-electron chi connectivity index (χ3n) is 5.05. The Kier molecular flexibility index (Phi) is 7.71. The molecule has 0 aromatic heterocycles. The largest absolute Gasteiger partial charge is 0.484 e. The fourth-order valence-corrected chi connectivity index (χ4v) is 3.14. The van der Waals surface area contributed by atoms with Gasteiger partial charge in [-0.25, -0.2) is 0 Å². The van der Waals surface area contributed by atoms with Crippen LogP contribution in [0.2, 0.25) is 0 Å². The predicted octanol–water partition coefficient (Wildman–Crippen LogP) is 2.90. The number of aryl methyl sites for hydroxylation is 1. The van der Waals surface area contributed by atoms with Crippen LogP contribution in [0.25, 0.3) is 0 Å². The summed E-state index contributed by atoms with van der Waals surface area (Å²) >= 11 is 0. The minimum Gasteiger partial charge on any atom is -0.484 e. The first-order chi connectivity index (χ1) is 14.5. The third-order valence-corrected chi connectivity index (χ3v) is 5.05. The quantitative estimate of drug-likeness (QED) is 0.495. The van der Waals surface area contributed by atoms with Gasteiger partial charge in [-0.05, 0) is 49.4 Å². The fourth-order valence-electron chi connectivity index (χ4n) is 3.14. The summed E-state index contributed by atoms with van der Waals surface area (Å²) in [6.45, 7) is 3.76. The molecule has 30 heavy (non-hydrogen) atoms. The van der Waals surface area contributed by atoms with Crippen molar-refractivity contribution in [1.29, 1.82) is 0 Å². The number of carbonyl (C=O) groups excluding carboxylic acids is 1. The fraction of sp³-hybridized carbons (Fsp3) is 0.417. The maximum Gasteiger partial charge on any atom is 0.258 e. The Morgan fingerprint density at radius 1 is 1.10 bits per heavy atom. The lowest BCUT2D eigenvalue weighted by atomic mass is 10.1. The molecular formula is C24H32N4O2. The molecule has 0 atom stereocenters. The second kappa shape index (κ2) is 10.7. The van der Waals surface area contributed by atoms with Crippen molar-refractivity contribution in [3.05, 3.63) is 65.2 Å². The molecule has 0 unspecified atom stereocenters. The Labute approximate surface area is 179 Å². The molecule has 1 fully saturated rings. The van der Waals surface area contributed by atoms with Crippen molar-refractivity contribution in [2.75, 3.05) is 27.2 Å². The average molecular weight is 409 g/mol. The van der Waals surface area contributed by atoms with Crippen LogP contribution in [0.15, 0.2) is 53.5 Å². The molecule has 6 heteroatoms. The van der Waals surface area contributed by atoms with Gasteiger partial charge < -0.3 is 20.3 Å². The van der Waals surface area contributed by atoms with E-state index in [2.05, 4.69) is 51.7 Å². The van der Waals surface area contributed by atoms with Crippen molar-refractivity contribution in [3.8, 4) is 5.75 Å². The predicted molar refractivity (Wildman–Crippen MR) is 121 cm³/mol. The van der Waals surface area contributed by atoms with Gasteiger partial charge in [-0.1, -0.05) is 42.0 Å². The molecule has 0 bridgehead atoms. The molecule has 0 aliphatic heterocycles. The van der Waals surface area contributed by atoms with Crippen molar-refractivity contribution < 1.29 is 9.53 Å². The van der Waals surface area contributed by atoms with E-state index < -0.39 is 0 Å². The lowest BCUT2D eigenvalue weighted by Gasteiger charge is -2.22. The number of guanidine groups is 1. The van der Waals surface area contributed by atoms with Crippen molar-refractivity contribution >= 4 is 11.9 Å². The second-order valence-electron chi connectivity index (χ2n) is 7.84. The van der Waals surface area contributed by atoms with Crippen LogP contribution in [-0.4, -0.2) is 50.1 Å². The van der Waals surface area contributed by atoms with E-state index in [1.165, 1.54) is 16.7 Å². The summed E-state index contributed by atoms with van der Waals surface area (Å²) < 4.78 is 5.55. The van der Waals surface area contributed by atoms with Crippen LogP contribution in [-0.2, 0) is 17.8 Å². The monoisotopic (exact) mass is 408 g/mol. The normalized spacial score (nSPS) is 13.6. The lowest BCUT2D eigenvalue weighted by molar-refractivity contribution is -0.123. The SMILES string of the molecule is CN=C(NCCc1ccc(OCC(=O)NC2CC2)cc1)N(C)Cc1ccc(C)cc1. The maximum atomic E-state index is 11.7. The number of hydrogen-bond acceptors (Lipinski definition) is 3. The highest BCUT2D eigenvalue weighted by atomic mass is 16.5. The van der Waals surface area contributed by atoms with E-state index in [1.807, 2.05) is 31.3 Å². The molecule has 6 nitrogen and oxygen atoms in total. The summed E-state index contributed by atoms with van der Waals surface area (Å²) in [6.07, 6.45) is 3.04. The van der Waals surface area contributed by atoms with E-state index in [-0.39, 0.29) is 12.5 Å². The van der Waals surface area contributed by atoms with Crippen LogP contribution in [0.3, 0.4) is 0 Å². The Balaban J connectivity index is 1.39. The highest BCUT2D eigenvalue weighted by Gasteiger charge is 2.23. The highest BCUT2D eigenvalue weighted by molar-refractivity contribution is 5.79. The van der Waals surface area contributed by atoms with Crippen molar-refractivity contribution in [3.63, 3.8) is 0 Å². The van der Waals surface area contributed by atoms with Gasteiger partial charge in [-0.3, -0.25) is 9.79 Å². The molecule has 0 heterocycles. The van der Waals surface area contributed by atoms with Gasteiger partial charge in [0.25, 0.3) is 5.91 Å². The molecule has 1 saturated carbocycles. The summed E-state index contributed by atoms with van der Waals surface area (Å²) in [4.78, 5) is 18.2. The summed E-state index contributed by atoms with van der Waals surface area (Å²) in [5.41, 5.74) is 3.73. The van der Waals surface area contributed by atoms with Gasteiger partial charge in [0.2, 0.25) is 0 Å². The topological polar surface area (TPSA) is 66.0 Å². The molecule has 0 spiro atoms. The number of aliphatic imine (C=N–C) groups is 1. The first-order valence-electron chi connectivity index (χ1n) is 10.5. The number of hydrogen-bond donors (Lipinski definition) is 2. The number of nitrogens with zero attached hydrogens (tertiary/aromatic N) is 2. The minimum absolute atomic E-state index is 0.0492. The summed E-state index contributed by atoms with van der Waals surface area (Å²) in [5.74, 6) is 1.54. The van der Waals surface area contributed by atoms with E-state index >= 15 is 0 Å². The summed E-state index contributed by atoms with van der Waals surface area (Å²) in [7, 11) is 3.85. The molecule has 1 aliphatic carbocycles. The standard InChI is InChI=1S/C24H32N4O2/c1-18-4-6-20(7-5-18)16-28(3)24(25-2)26-15-14-19-8-12-22(13-9-19)30-17-23(29)27-21-10-11-21/h4-9,12-13,21H,10-11,14-17H2,1-3H3,(H,25,26)(H,27,29). The first kappa shape index (κ1) is 21.7. The molecule has 3 rings (SSSR count). The van der Waals surface area contributed by atoms with Gasteiger partial charge in [0.1, 0.15) is 5.75 Å². The number of rotatable bonds is 9. The zero-order chi connectivity index (χ0) is 21.3. The second-order valence-corrected chi connectivity index (χ2v) is 7.84. The molecule has 2 aromatic carbocycles. The van der Waals surface area contributed by atoms with Crippen LogP contribution in [0.1, 0.15) is 29.5 Å². The molecule has 1 aliphatic rings. The molecule has 0 radical (unpaired) electrons. The zero-order valence-corrected chi connectivity index (χ0v) is 18.1. The molecule has 2 N–H and O–H groups in total. The van der Waals surface area contributed by atoms with Crippen LogP contribution in [0.5, 0.6) is 5.75 Å². The first-order valence-corrected chi connectivity index (χ1v) is 10.5. The Morgan fingerprint density at radius 2 is 1.77 bits per heavy atom. The van der Waals surface area contributed by atoms with Crippen LogP contribution < -0.4 is 15.4 Å². The minimum atomic E-state index is -0.0492. The number of ether oxygens (including phenoxy) is 1. The van der Waals surface area contributed by atoms with E-state index in [4.69, 9.17) is 4.74 Å². The molecule has 0 saturated heterocycles. The van der Waals surface area contributed by atoms with E-state index in [0.717, 1.165) is 38.3 Å². The van der Waals surface area contributed by atoms with Gasteiger partial charge >= 0.3 is 0 Å². The summed E-state index contributed by atoms with van der Waals surface area (Å²) in [5, 5.41) is 6.34. The highest BCUT2D eigenvalue weighted by Crippen LogP contribution is 2.18. The third kappa shape index (κ3) is 7.10. The van der Waals surface area contributed by atoms with Crippen molar-refractivity contribution in [2.24, 2.45) is 4.99 Å².